The van der Waals surface area contributed by atoms with Gasteiger partial charge in [0.25, 0.3) is 0 Å². The second-order valence-corrected chi connectivity index (χ2v) is 6.81. The number of rotatable bonds is 1. The molecule has 1 unspecified atom stereocenters. The summed E-state index contributed by atoms with van der Waals surface area (Å²) in [5.74, 6) is 0. The molecule has 1 atom stereocenters. The van der Waals surface area contributed by atoms with Crippen molar-refractivity contribution in [2.45, 2.75) is 52.5 Å². The van der Waals surface area contributed by atoms with E-state index in [0.717, 1.165) is 0 Å². The first-order valence-corrected chi connectivity index (χ1v) is 6.93. The van der Waals surface area contributed by atoms with Crippen molar-refractivity contribution in [3.05, 3.63) is 0 Å². The summed E-state index contributed by atoms with van der Waals surface area (Å²) >= 11 is 0. The predicted octanol–water partition coefficient (Wildman–Crippen LogP) is 2.59. The van der Waals surface area contributed by atoms with Crippen LogP contribution in [-0.2, 0) is 0 Å². The number of hydrogen-bond donors (Lipinski definition) is 0. The van der Waals surface area contributed by atoms with E-state index >= 15 is 0 Å². The molecule has 2 fully saturated rings. The minimum atomic E-state index is 0.354. The Morgan fingerprint density at radius 3 is 2.38 bits per heavy atom. The fourth-order valence-electron chi connectivity index (χ4n) is 3.41. The molecule has 0 aliphatic carbocycles. The van der Waals surface area contributed by atoms with Crippen LogP contribution in [0, 0.1) is 5.41 Å². The highest BCUT2D eigenvalue weighted by atomic mass is 15.2. The van der Waals surface area contributed by atoms with Crippen molar-refractivity contribution < 1.29 is 0 Å². The molecule has 0 saturated carbocycles. The predicted molar refractivity (Wildman–Crippen MR) is 69.7 cm³/mol. The third-order valence-electron chi connectivity index (χ3n) is 4.57. The second-order valence-electron chi connectivity index (χ2n) is 6.81. The molecule has 0 aromatic carbocycles. The van der Waals surface area contributed by atoms with Crippen LogP contribution in [0.3, 0.4) is 0 Å². The van der Waals surface area contributed by atoms with Gasteiger partial charge in [-0.1, -0.05) is 6.92 Å². The van der Waals surface area contributed by atoms with Crippen LogP contribution in [-0.4, -0.2) is 48.1 Å². The zero-order chi connectivity index (χ0) is 11.8. The molecule has 0 aromatic heterocycles. The summed E-state index contributed by atoms with van der Waals surface area (Å²) in [4.78, 5) is 5.34. The quantitative estimate of drug-likeness (QED) is 0.675. The molecule has 16 heavy (non-hydrogen) atoms. The standard InChI is InChI=1S/C14H28N2/c1-5-15-10-8-14(11-15)7-6-9-16(12-14)13(2,3)4/h5-12H2,1-4H3. The minimum Gasteiger partial charge on any atom is -0.303 e. The van der Waals surface area contributed by atoms with Crippen molar-refractivity contribution in [2.75, 3.05) is 32.7 Å². The molecule has 0 aromatic rings. The molecule has 2 aliphatic heterocycles. The van der Waals surface area contributed by atoms with E-state index < -0.39 is 0 Å². The van der Waals surface area contributed by atoms with E-state index in [1.165, 1.54) is 52.0 Å². The summed E-state index contributed by atoms with van der Waals surface area (Å²) < 4.78 is 0. The maximum absolute atomic E-state index is 2.70. The molecule has 2 aliphatic rings. The van der Waals surface area contributed by atoms with Gasteiger partial charge in [-0.3, -0.25) is 4.90 Å². The SMILES string of the molecule is CCN1CCC2(CCCN(C(C)(C)C)C2)C1. The molecule has 94 valence electrons. The van der Waals surface area contributed by atoms with Gasteiger partial charge in [-0.05, 0) is 65.1 Å². The van der Waals surface area contributed by atoms with Gasteiger partial charge in [0.1, 0.15) is 0 Å². The van der Waals surface area contributed by atoms with E-state index in [2.05, 4.69) is 37.5 Å². The number of likely N-dealkylation sites (tertiary alicyclic amines) is 2. The third-order valence-corrected chi connectivity index (χ3v) is 4.57. The van der Waals surface area contributed by atoms with Crippen molar-refractivity contribution >= 4 is 0 Å². The Balaban J connectivity index is 2.02. The molecule has 0 amide bonds. The van der Waals surface area contributed by atoms with Crippen molar-refractivity contribution in [3.8, 4) is 0 Å². The first-order chi connectivity index (χ1) is 7.45. The summed E-state index contributed by atoms with van der Waals surface area (Å²) in [5, 5.41) is 0. The van der Waals surface area contributed by atoms with Crippen molar-refractivity contribution in [1.29, 1.82) is 0 Å². The van der Waals surface area contributed by atoms with Gasteiger partial charge in [-0.25, -0.2) is 0 Å². The van der Waals surface area contributed by atoms with Gasteiger partial charge in [0.15, 0.2) is 0 Å². The first-order valence-electron chi connectivity index (χ1n) is 6.93. The lowest BCUT2D eigenvalue weighted by Crippen LogP contribution is -2.52. The van der Waals surface area contributed by atoms with Gasteiger partial charge >= 0.3 is 0 Å². The number of nitrogens with zero attached hydrogens (tertiary/aromatic N) is 2. The van der Waals surface area contributed by atoms with E-state index in [1.807, 2.05) is 0 Å². The van der Waals surface area contributed by atoms with Crippen LogP contribution >= 0.6 is 0 Å². The summed E-state index contributed by atoms with van der Waals surface area (Å²) in [5.41, 5.74) is 0.981. The van der Waals surface area contributed by atoms with Gasteiger partial charge in [-0.2, -0.15) is 0 Å². The van der Waals surface area contributed by atoms with Crippen LogP contribution in [0.5, 0.6) is 0 Å². The monoisotopic (exact) mass is 224 g/mol. The minimum absolute atomic E-state index is 0.354. The van der Waals surface area contributed by atoms with Gasteiger partial charge in [0.2, 0.25) is 0 Å². The molecule has 0 radical (unpaired) electrons. The smallest absolute Gasteiger partial charge is 0.0125 e. The van der Waals surface area contributed by atoms with Crippen LogP contribution in [0.1, 0.15) is 47.0 Å². The molecular formula is C14H28N2. The summed E-state index contributed by atoms with van der Waals surface area (Å²) in [7, 11) is 0. The van der Waals surface area contributed by atoms with Crippen LogP contribution in [0.2, 0.25) is 0 Å². The molecule has 2 heterocycles. The lowest BCUT2D eigenvalue weighted by molar-refractivity contribution is 0.0298. The molecule has 2 rings (SSSR count). The van der Waals surface area contributed by atoms with E-state index in [-0.39, 0.29) is 0 Å². The molecular weight excluding hydrogens is 196 g/mol. The highest BCUT2D eigenvalue weighted by Crippen LogP contribution is 2.40. The Labute approximate surface area is 101 Å². The fourth-order valence-corrected chi connectivity index (χ4v) is 3.41. The van der Waals surface area contributed by atoms with Crippen molar-refractivity contribution in [1.82, 2.24) is 9.80 Å². The van der Waals surface area contributed by atoms with Gasteiger partial charge in [0.05, 0.1) is 0 Å². The average molecular weight is 224 g/mol. The van der Waals surface area contributed by atoms with Gasteiger partial charge in [-0.15, -0.1) is 0 Å². The average Bonchev–Trinajstić information content (AvgIpc) is 2.60. The second kappa shape index (κ2) is 4.30. The van der Waals surface area contributed by atoms with E-state index in [1.54, 1.807) is 0 Å². The molecule has 0 bridgehead atoms. The lowest BCUT2D eigenvalue weighted by atomic mass is 9.78. The highest BCUT2D eigenvalue weighted by molar-refractivity contribution is 4.96. The summed E-state index contributed by atoms with van der Waals surface area (Å²) in [6, 6.07) is 0. The molecule has 2 saturated heterocycles. The fraction of sp³-hybridized carbons (Fsp3) is 1.00. The first kappa shape index (κ1) is 12.4. The van der Waals surface area contributed by atoms with Crippen LogP contribution in [0.4, 0.5) is 0 Å². The topological polar surface area (TPSA) is 6.48 Å². The Hall–Kier alpha value is -0.0800. The maximum Gasteiger partial charge on any atom is 0.0125 e. The Morgan fingerprint density at radius 2 is 1.81 bits per heavy atom. The Bertz CT molecular complexity index is 244. The highest BCUT2D eigenvalue weighted by Gasteiger charge is 2.42. The zero-order valence-electron chi connectivity index (χ0n) is 11.6. The Kier molecular flexibility index (Phi) is 3.33. The largest absolute Gasteiger partial charge is 0.303 e. The van der Waals surface area contributed by atoms with Crippen LogP contribution < -0.4 is 0 Å². The van der Waals surface area contributed by atoms with E-state index in [4.69, 9.17) is 0 Å². The molecule has 1 spiro atoms. The molecule has 2 heteroatoms. The van der Waals surface area contributed by atoms with Crippen molar-refractivity contribution in [2.24, 2.45) is 5.41 Å². The van der Waals surface area contributed by atoms with Crippen LogP contribution in [0.15, 0.2) is 0 Å². The Morgan fingerprint density at radius 1 is 1.06 bits per heavy atom. The van der Waals surface area contributed by atoms with Gasteiger partial charge in [0, 0.05) is 18.6 Å². The van der Waals surface area contributed by atoms with E-state index in [0.29, 0.717) is 11.0 Å². The van der Waals surface area contributed by atoms with Gasteiger partial charge < -0.3 is 4.90 Å². The van der Waals surface area contributed by atoms with E-state index in [9.17, 15) is 0 Å². The zero-order valence-corrected chi connectivity index (χ0v) is 11.6. The molecule has 2 nitrogen and oxygen atoms in total. The normalized spacial score (nSPS) is 33.8. The summed E-state index contributed by atoms with van der Waals surface area (Å²) in [6.45, 7) is 15.9. The number of piperidine rings is 1. The van der Waals surface area contributed by atoms with Crippen LogP contribution in [0.25, 0.3) is 0 Å². The molecule has 0 N–H and O–H groups in total. The summed E-state index contributed by atoms with van der Waals surface area (Å²) in [6.07, 6.45) is 4.28. The van der Waals surface area contributed by atoms with Crippen molar-refractivity contribution in [3.63, 3.8) is 0 Å². The maximum atomic E-state index is 2.70. The number of hydrogen-bond acceptors (Lipinski definition) is 2. The lowest BCUT2D eigenvalue weighted by Gasteiger charge is -2.46. The third kappa shape index (κ3) is 2.43.